The summed E-state index contributed by atoms with van der Waals surface area (Å²) in [6.07, 6.45) is 0. The van der Waals surface area contributed by atoms with Crippen molar-refractivity contribution in [3.63, 3.8) is 0 Å². The predicted molar refractivity (Wildman–Crippen MR) is 74.1 cm³/mol. The van der Waals surface area contributed by atoms with E-state index in [1.807, 2.05) is 19.1 Å². The summed E-state index contributed by atoms with van der Waals surface area (Å²) < 4.78 is 5.40. The molecule has 2 aromatic rings. The lowest BCUT2D eigenvalue weighted by molar-refractivity contribution is 0.379. The number of fused-ring (bicyclic) bond motifs is 1. The van der Waals surface area contributed by atoms with Crippen molar-refractivity contribution >= 4 is 11.6 Å². The number of aromatic nitrogens is 2. The number of hydrogen-bond acceptors (Lipinski definition) is 4. The Labute approximate surface area is 120 Å². The average Bonchev–Trinajstić information content (AvgIpc) is 2.79. The van der Waals surface area contributed by atoms with Gasteiger partial charge in [0.2, 0.25) is 11.8 Å². The highest BCUT2D eigenvalue weighted by Gasteiger charge is 2.33. The first-order valence-electron chi connectivity index (χ1n) is 5.99. The minimum absolute atomic E-state index is 0.0893. The molecule has 0 radical (unpaired) electrons. The van der Waals surface area contributed by atoms with Gasteiger partial charge in [-0.1, -0.05) is 23.7 Å². The third-order valence-electron chi connectivity index (χ3n) is 3.33. The maximum absolute atomic E-state index is 9.38. The van der Waals surface area contributed by atoms with Gasteiger partial charge in [-0.05, 0) is 24.6 Å². The number of nitrogens with two attached hydrogens (primary N) is 1. The van der Waals surface area contributed by atoms with E-state index in [0.717, 1.165) is 16.8 Å². The van der Waals surface area contributed by atoms with Gasteiger partial charge in [0.1, 0.15) is 11.6 Å². The molecule has 100 valence electrons. The van der Waals surface area contributed by atoms with Gasteiger partial charge in [-0.3, -0.25) is 5.10 Å². The lowest BCUT2D eigenvalue weighted by atomic mass is 9.84. The number of benzene rings is 1. The molecule has 3 N–H and O–H groups in total. The molecule has 3 rings (SSSR count). The summed E-state index contributed by atoms with van der Waals surface area (Å²) in [5.74, 6) is 0.213. The third-order valence-corrected chi connectivity index (χ3v) is 3.58. The van der Waals surface area contributed by atoms with Gasteiger partial charge in [-0.25, -0.2) is 0 Å². The molecule has 1 aliphatic heterocycles. The summed E-state index contributed by atoms with van der Waals surface area (Å²) in [5, 5.41) is 17.0. The van der Waals surface area contributed by atoms with Crippen molar-refractivity contribution in [2.75, 3.05) is 0 Å². The predicted octanol–water partition coefficient (Wildman–Crippen LogP) is 2.59. The first-order valence-corrected chi connectivity index (χ1v) is 6.37. The van der Waals surface area contributed by atoms with E-state index >= 15 is 0 Å². The normalized spacial score (nSPS) is 17.4. The van der Waals surface area contributed by atoms with Gasteiger partial charge in [-0.15, -0.1) is 5.10 Å². The van der Waals surface area contributed by atoms with Crippen LogP contribution in [-0.4, -0.2) is 10.2 Å². The van der Waals surface area contributed by atoms with Gasteiger partial charge in [-0.2, -0.15) is 5.26 Å². The van der Waals surface area contributed by atoms with E-state index in [-0.39, 0.29) is 11.8 Å². The highest BCUT2D eigenvalue weighted by Crippen LogP contribution is 2.42. The fraction of sp³-hybridized carbons (Fsp3) is 0.143. The summed E-state index contributed by atoms with van der Waals surface area (Å²) in [6, 6.07) is 9.45. The molecule has 20 heavy (non-hydrogen) atoms. The van der Waals surface area contributed by atoms with E-state index in [2.05, 4.69) is 16.3 Å². The minimum Gasteiger partial charge on any atom is -0.420 e. The molecule has 6 heteroatoms. The van der Waals surface area contributed by atoms with Crippen molar-refractivity contribution in [1.82, 2.24) is 10.2 Å². The van der Waals surface area contributed by atoms with Gasteiger partial charge in [0.25, 0.3) is 0 Å². The average molecular weight is 287 g/mol. The van der Waals surface area contributed by atoms with E-state index in [9.17, 15) is 5.26 Å². The SMILES string of the molecule is Cc1[nH]nc2c1[C@H](c1ccc(Cl)cc1)C(C#N)=C(N)O2. The lowest BCUT2D eigenvalue weighted by Gasteiger charge is -2.23. The van der Waals surface area contributed by atoms with Crippen LogP contribution in [0.3, 0.4) is 0 Å². The van der Waals surface area contributed by atoms with Crippen molar-refractivity contribution in [3.05, 3.63) is 57.6 Å². The monoisotopic (exact) mass is 286 g/mol. The first-order chi connectivity index (χ1) is 9.61. The number of ether oxygens (including phenoxy) is 1. The number of halogens is 1. The second-order valence-corrected chi connectivity index (χ2v) is 4.98. The zero-order valence-electron chi connectivity index (χ0n) is 10.6. The van der Waals surface area contributed by atoms with E-state index in [0.29, 0.717) is 16.5 Å². The summed E-state index contributed by atoms with van der Waals surface area (Å²) in [7, 11) is 0. The van der Waals surface area contributed by atoms with Crippen molar-refractivity contribution in [3.8, 4) is 11.9 Å². The molecule has 5 nitrogen and oxygen atoms in total. The van der Waals surface area contributed by atoms with Crippen LogP contribution in [0.15, 0.2) is 35.7 Å². The first kappa shape index (κ1) is 12.6. The molecule has 0 saturated carbocycles. The van der Waals surface area contributed by atoms with Crippen LogP contribution in [0.2, 0.25) is 5.02 Å². The minimum atomic E-state index is -0.292. The van der Waals surface area contributed by atoms with Crippen LogP contribution in [0.25, 0.3) is 0 Å². The number of nitriles is 1. The van der Waals surface area contributed by atoms with Crippen LogP contribution in [0.4, 0.5) is 0 Å². The van der Waals surface area contributed by atoms with Crippen LogP contribution in [0.1, 0.15) is 22.7 Å². The highest BCUT2D eigenvalue weighted by molar-refractivity contribution is 6.30. The number of rotatable bonds is 1. The number of aryl methyl sites for hydroxylation is 1. The molecule has 1 aromatic heterocycles. The molecule has 2 heterocycles. The molecular weight excluding hydrogens is 276 g/mol. The number of allylic oxidation sites excluding steroid dienone is 1. The van der Waals surface area contributed by atoms with Gasteiger partial charge in [0.15, 0.2) is 0 Å². The van der Waals surface area contributed by atoms with Gasteiger partial charge in [0.05, 0.1) is 5.92 Å². The maximum atomic E-state index is 9.38. The summed E-state index contributed by atoms with van der Waals surface area (Å²) >= 11 is 5.91. The smallest absolute Gasteiger partial charge is 0.244 e. The van der Waals surface area contributed by atoms with Crippen LogP contribution >= 0.6 is 11.6 Å². The van der Waals surface area contributed by atoms with Crippen LogP contribution in [0, 0.1) is 18.3 Å². The fourth-order valence-electron chi connectivity index (χ4n) is 2.39. The Kier molecular flexibility index (Phi) is 2.88. The molecule has 1 aromatic carbocycles. The Balaban J connectivity index is 2.22. The topological polar surface area (TPSA) is 87.7 Å². The molecule has 1 aliphatic rings. The third kappa shape index (κ3) is 1.82. The molecule has 0 bridgehead atoms. The lowest BCUT2D eigenvalue weighted by Crippen LogP contribution is -2.21. The van der Waals surface area contributed by atoms with Crippen LogP contribution < -0.4 is 10.5 Å². The molecule has 0 saturated heterocycles. The highest BCUT2D eigenvalue weighted by atomic mass is 35.5. The molecule has 1 atom stereocenters. The molecule has 0 aliphatic carbocycles. The Hall–Kier alpha value is -2.45. The van der Waals surface area contributed by atoms with E-state index < -0.39 is 0 Å². The van der Waals surface area contributed by atoms with Crippen molar-refractivity contribution in [2.45, 2.75) is 12.8 Å². The standard InChI is InChI=1S/C14H11ClN4O/c1-7-11-12(8-2-4-9(15)5-3-8)10(6-16)13(17)20-14(11)19-18-7/h2-5,12H,17H2,1H3,(H,18,19)/t12-/m1/s1. The number of aromatic amines is 1. The second-order valence-electron chi connectivity index (χ2n) is 4.54. The molecule has 0 unspecified atom stereocenters. The van der Waals surface area contributed by atoms with Crippen molar-refractivity contribution in [1.29, 1.82) is 5.26 Å². The zero-order chi connectivity index (χ0) is 14.3. The van der Waals surface area contributed by atoms with Gasteiger partial charge in [0, 0.05) is 16.3 Å². The van der Waals surface area contributed by atoms with E-state index in [1.165, 1.54) is 0 Å². The van der Waals surface area contributed by atoms with E-state index in [1.54, 1.807) is 12.1 Å². The van der Waals surface area contributed by atoms with Crippen LogP contribution in [-0.2, 0) is 0 Å². The largest absolute Gasteiger partial charge is 0.420 e. The Morgan fingerprint density at radius 2 is 2.10 bits per heavy atom. The molecule has 0 amide bonds. The number of hydrogen-bond donors (Lipinski definition) is 2. The zero-order valence-corrected chi connectivity index (χ0v) is 11.4. The maximum Gasteiger partial charge on any atom is 0.244 e. The number of nitrogens with one attached hydrogen (secondary N) is 1. The summed E-state index contributed by atoms with van der Waals surface area (Å²) in [4.78, 5) is 0. The van der Waals surface area contributed by atoms with E-state index in [4.69, 9.17) is 22.1 Å². The Morgan fingerprint density at radius 3 is 2.75 bits per heavy atom. The second kappa shape index (κ2) is 4.58. The molecule has 0 fully saturated rings. The Morgan fingerprint density at radius 1 is 1.40 bits per heavy atom. The Bertz CT molecular complexity index is 740. The fourth-order valence-corrected chi connectivity index (χ4v) is 2.51. The quantitative estimate of drug-likeness (QED) is 0.843. The molecule has 0 spiro atoms. The number of nitrogens with zero attached hydrogens (tertiary/aromatic N) is 2. The number of H-pyrrole nitrogens is 1. The molecular formula is C14H11ClN4O. The van der Waals surface area contributed by atoms with Crippen molar-refractivity contribution in [2.24, 2.45) is 5.73 Å². The van der Waals surface area contributed by atoms with Crippen molar-refractivity contribution < 1.29 is 4.74 Å². The van der Waals surface area contributed by atoms with Gasteiger partial charge >= 0.3 is 0 Å². The summed E-state index contributed by atoms with van der Waals surface area (Å²) in [5.41, 5.74) is 8.80. The van der Waals surface area contributed by atoms with Gasteiger partial charge < -0.3 is 10.5 Å². The summed E-state index contributed by atoms with van der Waals surface area (Å²) in [6.45, 7) is 1.88. The van der Waals surface area contributed by atoms with Crippen LogP contribution in [0.5, 0.6) is 5.88 Å².